The fraction of sp³-hybridized carbons (Fsp3) is 0.700. The number of ether oxygens (including phenoxy) is 1. The molecule has 0 amide bonds. The largest absolute Gasteiger partial charge is 0.371 e. The van der Waals surface area contributed by atoms with Gasteiger partial charge in [0.05, 0.1) is 6.42 Å². The number of hydrogen-bond donors (Lipinski definition) is 0. The molecule has 0 aliphatic heterocycles. The molecule has 0 spiro atoms. The Morgan fingerprint density at radius 1 is 1.53 bits per heavy atom. The first-order chi connectivity index (χ1) is 7.17. The van der Waals surface area contributed by atoms with Gasteiger partial charge in [0.2, 0.25) is 5.89 Å². The molecule has 0 N–H and O–H groups in total. The summed E-state index contributed by atoms with van der Waals surface area (Å²) < 4.78 is 10.2. The van der Waals surface area contributed by atoms with E-state index < -0.39 is 0 Å². The van der Waals surface area contributed by atoms with E-state index in [0.29, 0.717) is 24.7 Å². The molecule has 84 valence electrons. The van der Waals surface area contributed by atoms with Crippen LogP contribution in [0.25, 0.3) is 0 Å². The predicted octanol–water partition coefficient (Wildman–Crippen LogP) is 1.69. The van der Waals surface area contributed by atoms with Gasteiger partial charge in [-0.25, -0.2) is 0 Å². The van der Waals surface area contributed by atoms with Crippen molar-refractivity contribution in [2.24, 2.45) is 0 Å². The van der Waals surface area contributed by atoms with E-state index in [9.17, 15) is 4.79 Å². The van der Waals surface area contributed by atoms with Crippen molar-refractivity contribution in [3.05, 3.63) is 11.7 Å². The molecule has 0 aromatic carbocycles. The molecule has 5 nitrogen and oxygen atoms in total. The van der Waals surface area contributed by atoms with Crippen LogP contribution in [-0.4, -0.2) is 22.5 Å². The van der Waals surface area contributed by atoms with E-state index in [0.717, 1.165) is 0 Å². The molecule has 1 rings (SSSR count). The average Bonchev–Trinajstić information content (AvgIpc) is 2.66. The number of aromatic nitrogens is 2. The Hall–Kier alpha value is -1.23. The summed E-state index contributed by atoms with van der Waals surface area (Å²) >= 11 is 0. The predicted molar refractivity (Wildman–Crippen MR) is 53.3 cm³/mol. The van der Waals surface area contributed by atoms with Crippen LogP contribution in [0.3, 0.4) is 0 Å². The molecule has 1 unspecified atom stereocenters. The highest BCUT2D eigenvalue weighted by molar-refractivity contribution is 5.79. The van der Waals surface area contributed by atoms with Crippen LogP contribution in [0.15, 0.2) is 4.52 Å². The van der Waals surface area contributed by atoms with Crippen molar-refractivity contribution < 1.29 is 14.1 Å². The number of Topliss-reactive ketones (excluding diaryl/α,β-unsaturated/α-hetero) is 1. The van der Waals surface area contributed by atoms with Crippen molar-refractivity contribution in [1.82, 2.24) is 10.1 Å². The first-order valence-electron chi connectivity index (χ1n) is 5.13. The number of nitrogens with zero attached hydrogens (tertiary/aromatic N) is 2. The van der Waals surface area contributed by atoms with Gasteiger partial charge >= 0.3 is 0 Å². The first kappa shape index (κ1) is 11.8. The summed E-state index contributed by atoms with van der Waals surface area (Å²) in [6.07, 6.45) is 0.505. The lowest BCUT2D eigenvalue weighted by Crippen LogP contribution is -2.03. The zero-order valence-corrected chi connectivity index (χ0v) is 9.32. The molecule has 0 saturated carbocycles. The van der Waals surface area contributed by atoms with Gasteiger partial charge in [-0.1, -0.05) is 12.1 Å². The van der Waals surface area contributed by atoms with Crippen LogP contribution in [0.4, 0.5) is 0 Å². The zero-order chi connectivity index (χ0) is 11.3. The molecule has 1 heterocycles. The molecule has 1 aromatic heterocycles. The number of ketones is 1. The Labute approximate surface area is 88.8 Å². The molecule has 5 heteroatoms. The summed E-state index contributed by atoms with van der Waals surface area (Å²) in [5, 5.41) is 3.76. The molecular formula is C10H16N2O3. The number of carbonyl (C=O) groups excluding carboxylic acids is 1. The maximum absolute atomic E-state index is 11.1. The second-order valence-corrected chi connectivity index (χ2v) is 3.21. The highest BCUT2D eigenvalue weighted by atomic mass is 16.5. The van der Waals surface area contributed by atoms with Gasteiger partial charge < -0.3 is 9.26 Å². The lowest BCUT2D eigenvalue weighted by Gasteiger charge is -2.04. The second kappa shape index (κ2) is 5.60. The Morgan fingerprint density at radius 2 is 2.27 bits per heavy atom. The van der Waals surface area contributed by atoms with E-state index >= 15 is 0 Å². The van der Waals surface area contributed by atoms with Gasteiger partial charge in [-0.05, 0) is 13.8 Å². The van der Waals surface area contributed by atoms with Crippen molar-refractivity contribution in [2.75, 3.05) is 6.61 Å². The smallest absolute Gasteiger partial charge is 0.234 e. The minimum absolute atomic E-state index is 0.0919. The van der Waals surface area contributed by atoms with E-state index in [1.807, 2.05) is 20.8 Å². The third-order valence-corrected chi connectivity index (χ3v) is 2.01. The third kappa shape index (κ3) is 3.43. The molecule has 0 aliphatic rings. The topological polar surface area (TPSA) is 65.2 Å². The highest BCUT2D eigenvalue weighted by Crippen LogP contribution is 2.13. The van der Waals surface area contributed by atoms with Gasteiger partial charge in [-0.3, -0.25) is 4.79 Å². The maximum atomic E-state index is 11.1. The number of rotatable bonds is 6. The number of carbonyl (C=O) groups is 1. The number of hydrogen-bond acceptors (Lipinski definition) is 5. The van der Waals surface area contributed by atoms with Gasteiger partial charge in [0, 0.05) is 13.0 Å². The van der Waals surface area contributed by atoms with Crippen LogP contribution < -0.4 is 0 Å². The Balaban J connectivity index is 2.59. The molecule has 0 bridgehead atoms. The van der Waals surface area contributed by atoms with Gasteiger partial charge in [0.1, 0.15) is 11.9 Å². The molecule has 0 radical (unpaired) electrons. The van der Waals surface area contributed by atoms with Crippen molar-refractivity contribution >= 4 is 5.78 Å². The first-order valence-corrected chi connectivity index (χ1v) is 5.13. The van der Waals surface area contributed by atoms with Gasteiger partial charge in [0.15, 0.2) is 5.82 Å². The fourth-order valence-corrected chi connectivity index (χ4v) is 1.12. The Morgan fingerprint density at radius 3 is 2.87 bits per heavy atom. The van der Waals surface area contributed by atoms with E-state index in [2.05, 4.69) is 10.1 Å². The van der Waals surface area contributed by atoms with Crippen molar-refractivity contribution in [3.8, 4) is 0 Å². The molecule has 1 aromatic rings. The van der Waals surface area contributed by atoms with E-state index in [4.69, 9.17) is 9.26 Å². The minimum atomic E-state index is -0.191. The van der Waals surface area contributed by atoms with Gasteiger partial charge in [0.25, 0.3) is 0 Å². The average molecular weight is 212 g/mol. The standard InChI is InChI=1S/C10H16N2O3/c1-4-8(13)6-9-11-10(12-15-9)7(3)14-5-2/h7H,4-6H2,1-3H3. The summed E-state index contributed by atoms with van der Waals surface area (Å²) in [5.74, 6) is 0.952. The molecule has 0 aliphatic carbocycles. The van der Waals surface area contributed by atoms with E-state index in [1.54, 1.807) is 0 Å². The summed E-state index contributed by atoms with van der Waals surface area (Å²) in [7, 11) is 0. The second-order valence-electron chi connectivity index (χ2n) is 3.21. The maximum Gasteiger partial charge on any atom is 0.234 e. The van der Waals surface area contributed by atoms with Crippen molar-refractivity contribution in [2.45, 2.75) is 39.7 Å². The molecule has 0 saturated heterocycles. The van der Waals surface area contributed by atoms with Gasteiger partial charge in [-0.2, -0.15) is 4.98 Å². The Kier molecular flexibility index (Phi) is 4.42. The normalized spacial score (nSPS) is 12.7. The van der Waals surface area contributed by atoms with Crippen LogP contribution in [0.5, 0.6) is 0 Å². The molecular weight excluding hydrogens is 196 g/mol. The third-order valence-electron chi connectivity index (χ3n) is 2.01. The SMILES string of the molecule is CCOC(C)c1noc(CC(=O)CC)n1. The Bertz CT molecular complexity index is 322. The lowest BCUT2D eigenvalue weighted by atomic mass is 10.2. The van der Waals surface area contributed by atoms with E-state index in [1.165, 1.54) is 0 Å². The summed E-state index contributed by atoms with van der Waals surface area (Å²) in [5.41, 5.74) is 0. The molecule has 1 atom stereocenters. The van der Waals surface area contributed by atoms with Crippen LogP contribution in [0.1, 0.15) is 45.0 Å². The highest BCUT2D eigenvalue weighted by Gasteiger charge is 2.14. The zero-order valence-electron chi connectivity index (χ0n) is 9.32. The minimum Gasteiger partial charge on any atom is -0.371 e. The van der Waals surface area contributed by atoms with Gasteiger partial charge in [-0.15, -0.1) is 0 Å². The van der Waals surface area contributed by atoms with Crippen LogP contribution >= 0.6 is 0 Å². The van der Waals surface area contributed by atoms with Crippen molar-refractivity contribution in [1.29, 1.82) is 0 Å². The van der Waals surface area contributed by atoms with E-state index in [-0.39, 0.29) is 18.3 Å². The summed E-state index contributed by atoms with van der Waals surface area (Å²) in [4.78, 5) is 15.2. The monoisotopic (exact) mass is 212 g/mol. The van der Waals surface area contributed by atoms with Crippen molar-refractivity contribution in [3.63, 3.8) is 0 Å². The summed E-state index contributed by atoms with van der Waals surface area (Å²) in [6, 6.07) is 0. The summed E-state index contributed by atoms with van der Waals surface area (Å²) in [6.45, 7) is 6.15. The quantitative estimate of drug-likeness (QED) is 0.717. The fourth-order valence-electron chi connectivity index (χ4n) is 1.12. The van der Waals surface area contributed by atoms with Crippen LogP contribution in [0.2, 0.25) is 0 Å². The molecule has 15 heavy (non-hydrogen) atoms. The van der Waals surface area contributed by atoms with Crippen LogP contribution in [0, 0.1) is 0 Å². The molecule has 0 fully saturated rings. The lowest BCUT2D eigenvalue weighted by molar-refractivity contribution is -0.118. The van der Waals surface area contributed by atoms with Crippen LogP contribution in [-0.2, 0) is 16.0 Å².